The van der Waals surface area contributed by atoms with Crippen LogP contribution in [-0.4, -0.2) is 0 Å². The van der Waals surface area contributed by atoms with Crippen LogP contribution in [0.5, 0.6) is 5.75 Å². The smallest absolute Gasteiger partial charge is 0.131 e. The second kappa shape index (κ2) is 4.38. The quantitative estimate of drug-likeness (QED) is 0.692. The number of allylic oxidation sites excluding steroid dienone is 5. The van der Waals surface area contributed by atoms with E-state index in [1.807, 2.05) is 0 Å². The van der Waals surface area contributed by atoms with Gasteiger partial charge in [0.05, 0.1) is 5.92 Å². The maximum Gasteiger partial charge on any atom is 0.131 e. The van der Waals surface area contributed by atoms with Crippen molar-refractivity contribution in [3.05, 3.63) is 77.6 Å². The third-order valence-corrected chi connectivity index (χ3v) is 4.15. The summed E-state index contributed by atoms with van der Waals surface area (Å²) in [5, 5.41) is 2.58. The Balaban J connectivity index is 2.02. The maximum absolute atomic E-state index is 6.18. The molecule has 4 rings (SSSR count). The zero-order valence-electron chi connectivity index (χ0n) is 11.5. The molecule has 98 valence electrons. The van der Waals surface area contributed by atoms with Crippen molar-refractivity contribution < 1.29 is 4.74 Å². The average molecular weight is 260 g/mol. The third-order valence-electron chi connectivity index (χ3n) is 4.15. The lowest BCUT2D eigenvalue weighted by atomic mass is 9.91. The van der Waals surface area contributed by atoms with Gasteiger partial charge in [-0.25, -0.2) is 0 Å². The Kier molecular flexibility index (Phi) is 2.53. The average Bonchev–Trinajstić information content (AvgIpc) is 2.75. The zero-order valence-corrected chi connectivity index (χ0v) is 11.5. The first kappa shape index (κ1) is 11.5. The van der Waals surface area contributed by atoms with Crippen LogP contribution in [-0.2, 0) is 0 Å². The highest BCUT2D eigenvalue weighted by molar-refractivity contribution is 5.90. The van der Waals surface area contributed by atoms with E-state index < -0.39 is 0 Å². The normalized spacial score (nSPS) is 19.8. The SMILES string of the molecule is CCC1=C2Oc3ccc4ccccc4c3C2C=CC=C1. The van der Waals surface area contributed by atoms with E-state index in [0.717, 1.165) is 17.9 Å². The van der Waals surface area contributed by atoms with Gasteiger partial charge in [0, 0.05) is 5.56 Å². The van der Waals surface area contributed by atoms with Crippen LogP contribution in [0.2, 0.25) is 0 Å². The van der Waals surface area contributed by atoms with Crippen molar-refractivity contribution in [1.82, 2.24) is 0 Å². The summed E-state index contributed by atoms with van der Waals surface area (Å²) in [5.74, 6) is 2.36. The van der Waals surface area contributed by atoms with Gasteiger partial charge in [0.25, 0.3) is 0 Å². The summed E-state index contributed by atoms with van der Waals surface area (Å²) in [4.78, 5) is 0. The molecule has 1 aliphatic carbocycles. The third kappa shape index (κ3) is 1.56. The number of hydrogen-bond acceptors (Lipinski definition) is 1. The lowest BCUT2D eigenvalue weighted by Gasteiger charge is -2.09. The molecule has 20 heavy (non-hydrogen) atoms. The van der Waals surface area contributed by atoms with E-state index in [0.29, 0.717) is 0 Å². The summed E-state index contributed by atoms with van der Waals surface area (Å²) in [6, 6.07) is 12.8. The van der Waals surface area contributed by atoms with Crippen LogP contribution in [0.3, 0.4) is 0 Å². The maximum atomic E-state index is 6.18. The van der Waals surface area contributed by atoms with E-state index in [1.165, 1.54) is 21.9 Å². The Morgan fingerprint density at radius 1 is 1.05 bits per heavy atom. The topological polar surface area (TPSA) is 9.23 Å². The number of rotatable bonds is 1. The second-order valence-electron chi connectivity index (χ2n) is 5.27. The van der Waals surface area contributed by atoms with Crippen molar-refractivity contribution in [1.29, 1.82) is 0 Å². The molecule has 1 unspecified atom stereocenters. The number of fused-ring (bicyclic) bond motifs is 5. The summed E-state index contributed by atoms with van der Waals surface area (Å²) < 4.78 is 6.18. The van der Waals surface area contributed by atoms with Crippen molar-refractivity contribution >= 4 is 10.8 Å². The first-order valence-corrected chi connectivity index (χ1v) is 7.16. The van der Waals surface area contributed by atoms with Gasteiger partial charge >= 0.3 is 0 Å². The van der Waals surface area contributed by atoms with Crippen molar-refractivity contribution in [2.75, 3.05) is 0 Å². The van der Waals surface area contributed by atoms with Gasteiger partial charge < -0.3 is 4.74 Å². The minimum Gasteiger partial charge on any atom is -0.460 e. The van der Waals surface area contributed by atoms with Crippen LogP contribution in [0.15, 0.2) is 72.0 Å². The number of benzene rings is 2. The largest absolute Gasteiger partial charge is 0.460 e. The molecule has 2 aliphatic rings. The summed E-state index contributed by atoms with van der Waals surface area (Å²) in [6.07, 6.45) is 9.65. The fourth-order valence-corrected chi connectivity index (χ4v) is 3.17. The minimum atomic E-state index is 0.251. The molecule has 0 saturated carbocycles. The Bertz CT molecular complexity index is 777. The fourth-order valence-electron chi connectivity index (χ4n) is 3.17. The zero-order chi connectivity index (χ0) is 13.5. The van der Waals surface area contributed by atoms with E-state index in [-0.39, 0.29) is 5.92 Å². The van der Waals surface area contributed by atoms with Gasteiger partial charge in [-0.2, -0.15) is 0 Å². The summed E-state index contributed by atoms with van der Waals surface area (Å²) in [5.41, 5.74) is 2.60. The second-order valence-corrected chi connectivity index (χ2v) is 5.27. The van der Waals surface area contributed by atoms with Crippen LogP contribution < -0.4 is 4.74 Å². The van der Waals surface area contributed by atoms with Crippen LogP contribution in [0.4, 0.5) is 0 Å². The summed E-state index contributed by atoms with van der Waals surface area (Å²) >= 11 is 0. The van der Waals surface area contributed by atoms with E-state index in [4.69, 9.17) is 4.74 Å². The van der Waals surface area contributed by atoms with Gasteiger partial charge in [0.1, 0.15) is 11.5 Å². The molecule has 2 aromatic carbocycles. The van der Waals surface area contributed by atoms with Crippen LogP contribution >= 0.6 is 0 Å². The predicted molar refractivity (Wildman–Crippen MR) is 82.9 cm³/mol. The molecule has 0 bridgehead atoms. The van der Waals surface area contributed by atoms with Gasteiger partial charge in [-0.05, 0) is 28.8 Å². The minimum absolute atomic E-state index is 0.251. The fraction of sp³-hybridized carbons (Fsp3) is 0.158. The van der Waals surface area contributed by atoms with Gasteiger partial charge in [-0.1, -0.05) is 61.6 Å². The van der Waals surface area contributed by atoms with Crippen LogP contribution in [0.1, 0.15) is 24.8 Å². The molecule has 1 aliphatic heterocycles. The lowest BCUT2D eigenvalue weighted by molar-refractivity contribution is 0.431. The molecule has 1 heterocycles. The van der Waals surface area contributed by atoms with Crippen LogP contribution in [0, 0.1) is 0 Å². The first-order valence-electron chi connectivity index (χ1n) is 7.16. The molecule has 0 N–H and O–H groups in total. The Hall–Kier alpha value is -2.28. The molecule has 1 atom stereocenters. The molecule has 0 fully saturated rings. The highest BCUT2D eigenvalue weighted by atomic mass is 16.5. The number of ether oxygens (including phenoxy) is 1. The lowest BCUT2D eigenvalue weighted by Crippen LogP contribution is -1.99. The standard InChI is InChI=1S/C19H16O/c1-2-13-7-3-6-10-16-18-15-9-5-4-8-14(15)11-12-17(18)20-19(13)16/h3-12,16H,2H2,1H3. The van der Waals surface area contributed by atoms with Gasteiger partial charge in [0.2, 0.25) is 0 Å². The van der Waals surface area contributed by atoms with Gasteiger partial charge in [-0.3, -0.25) is 0 Å². The van der Waals surface area contributed by atoms with Gasteiger partial charge in [-0.15, -0.1) is 0 Å². The predicted octanol–water partition coefficient (Wildman–Crippen LogP) is 5.11. The summed E-state index contributed by atoms with van der Waals surface area (Å²) in [6.45, 7) is 2.18. The van der Waals surface area contributed by atoms with Crippen molar-refractivity contribution in [2.45, 2.75) is 19.3 Å². The van der Waals surface area contributed by atoms with Gasteiger partial charge in [0.15, 0.2) is 0 Å². The molecule has 0 spiro atoms. The monoisotopic (exact) mass is 260 g/mol. The van der Waals surface area contributed by atoms with E-state index in [2.05, 4.69) is 67.6 Å². The molecular weight excluding hydrogens is 244 g/mol. The molecule has 0 radical (unpaired) electrons. The van der Waals surface area contributed by atoms with Crippen molar-refractivity contribution in [3.8, 4) is 5.75 Å². The van der Waals surface area contributed by atoms with E-state index in [1.54, 1.807) is 0 Å². The van der Waals surface area contributed by atoms with Crippen LogP contribution in [0.25, 0.3) is 10.8 Å². The molecule has 0 amide bonds. The Labute approximate surface area is 118 Å². The molecule has 2 aromatic rings. The highest BCUT2D eigenvalue weighted by Gasteiger charge is 2.31. The van der Waals surface area contributed by atoms with E-state index in [9.17, 15) is 0 Å². The first-order chi connectivity index (χ1) is 9.88. The van der Waals surface area contributed by atoms with Crippen molar-refractivity contribution in [2.24, 2.45) is 0 Å². The Morgan fingerprint density at radius 3 is 2.85 bits per heavy atom. The molecule has 1 nitrogen and oxygen atoms in total. The molecule has 0 saturated heterocycles. The Morgan fingerprint density at radius 2 is 1.95 bits per heavy atom. The van der Waals surface area contributed by atoms with E-state index >= 15 is 0 Å². The number of hydrogen-bond donors (Lipinski definition) is 0. The molecule has 0 aromatic heterocycles. The summed E-state index contributed by atoms with van der Waals surface area (Å²) in [7, 11) is 0. The molecular formula is C19H16O. The highest BCUT2D eigenvalue weighted by Crippen LogP contribution is 2.47. The van der Waals surface area contributed by atoms with Crippen molar-refractivity contribution in [3.63, 3.8) is 0 Å². The molecule has 1 heteroatoms.